The largest absolute Gasteiger partial charge is 0.0956 e. The second-order valence-electron chi connectivity index (χ2n) is 3.13. The molecule has 0 saturated heterocycles. The average Bonchev–Trinajstić information content (AvgIpc) is 2.05. The van der Waals surface area contributed by atoms with Gasteiger partial charge in [0, 0.05) is 0 Å². The zero-order chi connectivity index (χ0) is 9.56. The second kappa shape index (κ2) is 5.88. The Balaban J connectivity index is 4.15. The second-order valence-corrected chi connectivity index (χ2v) is 3.13. The van der Waals surface area contributed by atoms with Crippen LogP contribution < -0.4 is 0 Å². The molecule has 1 heteroatoms. The van der Waals surface area contributed by atoms with Crippen LogP contribution in [0.3, 0.4) is 0 Å². The van der Waals surface area contributed by atoms with E-state index in [0.29, 0.717) is 12.2 Å². The van der Waals surface area contributed by atoms with Gasteiger partial charge in [-0.15, -0.1) is 0 Å². The molecular formula is C11H17B. The Hall–Kier alpha value is -0.715. The predicted molar refractivity (Wildman–Crippen MR) is 57.4 cm³/mol. The van der Waals surface area contributed by atoms with E-state index < -0.39 is 0 Å². The van der Waals surface area contributed by atoms with Crippen LogP contribution in [0.5, 0.6) is 0 Å². The van der Waals surface area contributed by atoms with Crippen molar-refractivity contribution in [2.45, 2.75) is 27.1 Å². The monoisotopic (exact) mass is 160 g/mol. The van der Waals surface area contributed by atoms with E-state index in [4.69, 9.17) is 7.85 Å². The van der Waals surface area contributed by atoms with Gasteiger partial charge in [0.15, 0.2) is 0 Å². The highest BCUT2D eigenvalue weighted by Gasteiger charge is 1.94. The number of rotatable bonds is 4. The maximum absolute atomic E-state index is 5.50. The summed E-state index contributed by atoms with van der Waals surface area (Å²) in [7, 11) is 5.50. The van der Waals surface area contributed by atoms with Gasteiger partial charge in [-0.1, -0.05) is 56.1 Å². The van der Waals surface area contributed by atoms with Crippen molar-refractivity contribution < 1.29 is 0 Å². The smallest absolute Gasteiger partial charge is 0.0716 e. The van der Waals surface area contributed by atoms with Crippen molar-refractivity contribution in [3.63, 3.8) is 0 Å². The Morgan fingerprint density at radius 2 is 2.00 bits per heavy atom. The van der Waals surface area contributed by atoms with Crippen molar-refractivity contribution in [2.24, 2.45) is 5.92 Å². The van der Waals surface area contributed by atoms with Gasteiger partial charge in [-0.25, -0.2) is 0 Å². The van der Waals surface area contributed by atoms with Gasteiger partial charge in [0.1, 0.15) is 0 Å². The molecule has 0 aromatic heterocycles. The highest BCUT2D eigenvalue weighted by molar-refractivity contribution is 6.10. The standard InChI is InChI=1S/C11H17B/c1-5-11(8-12)7-6-10(4)9(2)3/h5-7,9H,4,8H2,1-3H3/b7-6-,11-5+. The molecule has 0 amide bonds. The van der Waals surface area contributed by atoms with Crippen LogP contribution >= 0.6 is 0 Å². The third-order valence-corrected chi connectivity index (χ3v) is 1.86. The lowest BCUT2D eigenvalue weighted by Gasteiger charge is -2.03. The molecule has 0 unspecified atom stereocenters. The Bertz CT molecular complexity index is 197. The fourth-order valence-corrected chi connectivity index (χ4v) is 0.689. The molecule has 0 aromatic carbocycles. The molecule has 0 fully saturated rings. The van der Waals surface area contributed by atoms with E-state index in [1.165, 1.54) is 0 Å². The summed E-state index contributed by atoms with van der Waals surface area (Å²) in [6.45, 7) is 10.2. The summed E-state index contributed by atoms with van der Waals surface area (Å²) in [6, 6.07) is 0. The first-order valence-electron chi connectivity index (χ1n) is 4.34. The predicted octanol–water partition coefficient (Wildman–Crippen LogP) is 3.29. The molecule has 0 aromatic rings. The lowest BCUT2D eigenvalue weighted by Crippen LogP contribution is -1.87. The zero-order valence-electron chi connectivity index (χ0n) is 8.30. The highest BCUT2D eigenvalue weighted by Crippen LogP contribution is 2.10. The normalized spacial score (nSPS) is 12.8. The Morgan fingerprint density at radius 3 is 2.33 bits per heavy atom. The van der Waals surface area contributed by atoms with Crippen molar-refractivity contribution in [1.82, 2.24) is 0 Å². The van der Waals surface area contributed by atoms with Gasteiger partial charge in [0.25, 0.3) is 0 Å². The molecule has 0 aliphatic carbocycles. The Kier molecular flexibility index (Phi) is 5.52. The van der Waals surface area contributed by atoms with Gasteiger partial charge in [-0.05, 0) is 12.8 Å². The van der Waals surface area contributed by atoms with Crippen molar-refractivity contribution in [1.29, 1.82) is 0 Å². The first-order valence-corrected chi connectivity index (χ1v) is 4.34. The third-order valence-electron chi connectivity index (χ3n) is 1.86. The minimum Gasteiger partial charge on any atom is -0.0956 e. The molecule has 0 rings (SSSR count). The molecule has 0 N–H and O–H groups in total. The molecule has 0 bridgehead atoms. The lowest BCUT2D eigenvalue weighted by molar-refractivity contribution is 0.795. The van der Waals surface area contributed by atoms with Crippen LogP contribution in [0.15, 0.2) is 36.0 Å². The molecule has 0 atom stereocenters. The van der Waals surface area contributed by atoms with Crippen LogP contribution in [0.4, 0.5) is 0 Å². The van der Waals surface area contributed by atoms with Crippen LogP contribution in [-0.2, 0) is 0 Å². The summed E-state index contributed by atoms with van der Waals surface area (Å²) in [5.41, 5.74) is 2.29. The molecule has 0 nitrogen and oxygen atoms in total. The first kappa shape index (κ1) is 11.3. The molecule has 0 aliphatic rings. The summed E-state index contributed by atoms with van der Waals surface area (Å²) >= 11 is 0. The van der Waals surface area contributed by atoms with Crippen molar-refractivity contribution in [3.05, 3.63) is 36.0 Å². The van der Waals surface area contributed by atoms with Gasteiger partial charge in [-0.2, -0.15) is 0 Å². The van der Waals surface area contributed by atoms with E-state index in [2.05, 4.69) is 20.4 Å². The summed E-state index contributed by atoms with van der Waals surface area (Å²) in [5.74, 6) is 0.511. The van der Waals surface area contributed by atoms with E-state index in [9.17, 15) is 0 Å². The molecule has 2 radical (unpaired) electrons. The van der Waals surface area contributed by atoms with Crippen LogP contribution in [0.1, 0.15) is 20.8 Å². The molecule has 12 heavy (non-hydrogen) atoms. The maximum atomic E-state index is 5.50. The quantitative estimate of drug-likeness (QED) is 0.437. The molecule has 64 valence electrons. The van der Waals surface area contributed by atoms with Crippen LogP contribution in [0.2, 0.25) is 6.32 Å². The number of hydrogen-bond donors (Lipinski definition) is 0. The van der Waals surface area contributed by atoms with Gasteiger partial charge in [0.05, 0.1) is 7.85 Å². The number of allylic oxidation sites excluding steroid dienone is 5. The van der Waals surface area contributed by atoms with Gasteiger partial charge in [-0.3, -0.25) is 0 Å². The minimum atomic E-state index is 0.511. The maximum Gasteiger partial charge on any atom is 0.0716 e. The third kappa shape index (κ3) is 4.22. The van der Waals surface area contributed by atoms with Gasteiger partial charge >= 0.3 is 0 Å². The SMILES string of the molecule is [B]CC(/C=C\C(=C)C(C)C)=C/C. The molecule has 0 saturated carbocycles. The summed E-state index contributed by atoms with van der Waals surface area (Å²) in [4.78, 5) is 0. The molecular weight excluding hydrogens is 143 g/mol. The van der Waals surface area contributed by atoms with Gasteiger partial charge in [0.2, 0.25) is 0 Å². The lowest BCUT2D eigenvalue weighted by atomic mass is 9.95. The minimum absolute atomic E-state index is 0.511. The van der Waals surface area contributed by atoms with E-state index in [1.54, 1.807) is 0 Å². The van der Waals surface area contributed by atoms with Crippen molar-refractivity contribution >= 4 is 7.85 Å². The molecule has 0 aliphatic heterocycles. The average molecular weight is 160 g/mol. The van der Waals surface area contributed by atoms with E-state index in [0.717, 1.165) is 11.1 Å². The molecule has 0 heterocycles. The Morgan fingerprint density at radius 1 is 1.42 bits per heavy atom. The number of hydrogen-bond acceptors (Lipinski definition) is 0. The van der Waals surface area contributed by atoms with Crippen LogP contribution in [0.25, 0.3) is 0 Å². The van der Waals surface area contributed by atoms with E-state index >= 15 is 0 Å². The van der Waals surface area contributed by atoms with Crippen molar-refractivity contribution in [2.75, 3.05) is 0 Å². The van der Waals surface area contributed by atoms with E-state index in [1.807, 2.05) is 25.2 Å². The fourth-order valence-electron chi connectivity index (χ4n) is 0.689. The summed E-state index contributed by atoms with van der Waals surface area (Å²) in [5, 5.41) is 0. The molecule has 0 spiro atoms. The van der Waals surface area contributed by atoms with E-state index in [-0.39, 0.29) is 0 Å². The fraction of sp³-hybridized carbons (Fsp3) is 0.455. The van der Waals surface area contributed by atoms with Crippen LogP contribution in [-0.4, -0.2) is 7.85 Å². The summed E-state index contributed by atoms with van der Waals surface area (Å²) < 4.78 is 0. The highest BCUT2D eigenvalue weighted by atomic mass is 14.0. The van der Waals surface area contributed by atoms with Gasteiger partial charge < -0.3 is 0 Å². The van der Waals surface area contributed by atoms with Crippen molar-refractivity contribution in [3.8, 4) is 0 Å². The first-order chi connectivity index (χ1) is 5.61. The van der Waals surface area contributed by atoms with Crippen LogP contribution in [0, 0.1) is 5.92 Å². The zero-order valence-corrected chi connectivity index (χ0v) is 8.30. The topological polar surface area (TPSA) is 0 Å². The Labute approximate surface area is 77.5 Å². The summed E-state index contributed by atoms with van der Waals surface area (Å²) in [6.07, 6.45) is 6.68.